The Hall–Kier alpha value is -3.53. The van der Waals surface area contributed by atoms with E-state index in [1.165, 1.54) is 54.6 Å². The summed E-state index contributed by atoms with van der Waals surface area (Å²) in [5, 5.41) is 17.6. The van der Waals surface area contributed by atoms with E-state index in [0.717, 1.165) is 0 Å². The van der Waals surface area contributed by atoms with Crippen molar-refractivity contribution in [2.24, 2.45) is 0 Å². The van der Waals surface area contributed by atoms with Crippen LogP contribution in [0.2, 0.25) is 0 Å². The summed E-state index contributed by atoms with van der Waals surface area (Å²) >= 11 is 0. The van der Waals surface area contributed by atoms with Crippen LogP contribution in [0.4, 0.5) is 18.9 Å². The molecule has 204 valence electrons. The van der Waals surface area contributed by atoms with Gasteiger partial charge in [-0.25, -0.2) is 0 Å². The summed E-state index contributed by atoms with van der Waals surface area (Å²) in [5.41, 5.74) is 1.16. The summed E-state index contributed by atoms with van der Waals surface area (Å²) in [6.07, 6.45) is -2.10. The normalized spacial score (nSPS) is 19.9. The third-order valence-corrected chi connectivity index (χ3v) is 6.75. The molecular weight excluding hydrogens is 531 g/mol. The first-order chi connectivity index (χ1) is 17.9. The van der Waals surface area contributed by atoms with Crippen LogP contribution in [-0.4, -0.2) is 65.7 Å². The van der Waals surface area contributed by atoms with Gasteiger partial charge in [0.2, 0.25) is 5.78 Å². The number of ether oxygens (including phenoxy) is 1. The summed E-state index contributed by atoms with van der Waals surface area (Å²) < 4.78 is 73.2. The van der Waals surface area contributed by atoms with Gasteiger partial charge in [0, 0.05) is 37.4 Å². The fraction of sp³-hybridized carbons (Fsp3) is 0.348. The van der Waals surface area contributed by atoms with Crippen molar-refractivity contribution in [3.63, 3.8) is 0 Å². The number of benzene rings is 1. The molecule has 38 heavy (non-hydrogen) atoms. The Bertz CT molecular complexity index is 1400. The first kappa shape index (κ1) is 27.5. The van der Waals surface area contributed by atoms with Crippen molar-refractivity contribution in [3.8, 4) is 5.75 Å². The molecule has 0 radical (unpaired) electrons. The van der Waals surface area contributed by atoms with Crippen molar-refractivity contribution in [2.45, 2.75) is 44.0 Å². The molecule has 1 aliphatic rings. The second-order valence-electron chi connectivity index (χ2n) is 8.52. The van der Waals surface area contributed by atoms with E-state index in [1.54, 1.807) is 12.1 Å². The number of nitrogens with one attached hydrogen (secondary N) is 2. The van der Waals surface area contributed by atoms with Crippen molar-refractivity contribution in [2.75, 3.05) is 12.4 Å². The van der Waals surface area contributed by atoms with E-state index in [1.807, 2.05) is 4.72 Å². The Morgan fingerprint density at radius 3 is 2.76 bits per heavy atom. The number of alkyl halides is 3. The maximum absolute atomic E-state index is 13.2. The van der Waals surface area contributed by atoms with Gasteiger partial charge in [0.05, 0.1) is 18.2 Å². The Kier molecular flexibility index (Phi) is 8.01. The van der Waals surface area contributed by atoms with Gasteiger partial charge in [-0.1, -0.05) is 12.1 Å². The molecule has 0 aliphatic heterocycles. The molecule has 3 aromatic rings. The first-order valence-electron chi connectivity index (χ1n) is 11.4. The zero-order valence-corrected chi connectivity index (χ0v) is 20.7. The molecule has 0 saturated heterocycles. The lowest BCUT2D eigenvalue weighted by Gasteiger charge is -2.16. The number of aliphatic hydroxyl groups is 1. The maximum Gasteiger partial charge on any atom is 0.573 e. The summed E-state index contributed by atoms with van der Waals surface area (Å²) in [4.78, 5) is 17.2. The molecule has 11 nitrogen and oxygen atoms in total. The van der Waals surface area contributed by atoms with Crippen LogP contribution in [0, 0.1) is 0 Å². The molecule has 1 aliphatic carbocycles. The monoisotopic (exact) mass is 555 g/mol. The number of aliphatic hydroxyl groups excluding tert-OH is 1. The lowest BCUT2D eigenvalue weighted by molar-refractivity contribution is -0.274. The number of carbonyl (C=O) groups excluding carboxylic acids is 1. The van der Waals surface area contributed by atoms with Gasteiger partial charge in [0.15, 0.2) is 0 Å². The fourth-order valence-electron chi connectivity index (χ4n) is 4.07. The second-order valence-corrected chi connectivity index (χ2v) is 10.0. The van der Waals surface area contributed by atoms with Crippen molar-refractivity contribution in [1.29, 1.82) is 0 Å². The van der Waals surface area contributed by atoms with Gasteiger partial charge in [-0.05, 0) is 42.7 Å². The number of pyridine rings is 1. The molecule has 0 spiro atoms. The predicted octanol–water partition coefficient (Wildman–Crippen LogP) is 2.24. The molecule has 1 saturated carbocycles. The number of hydrogen-bond donors (Lipinski definition) is 3. The molecule has 4 rings (SSSR count). The van der Waals surface area contributed by atoms with Crippen molar-refractivity contribution in [3.05, 3.63) is 71.8 Å². The highest BCUT2D eigenvalue weighted by Crippen LogP contribution is 2.29. The highest BCUT2D eigenvalue weighted by atomic mass is 32.2. The van der Waals surface area contributed by atoms with Crippen LogP contribution < -0.4 is 14.8 Å². The van der Waals surface area contributed by atoms with Gasteiger partial charge in [-0.15, -0.1) is 13.2 Å². The largest absolute Gasteiger partial charge is 0.573 e. The summed E-state index contributed by atoms with van der Waals surface area (Å²) in [5.74, 6) is -0.824. The Morgan fingerprint density at radius 1 is 1.24 bits per heavy atom. The third kappa shape index (κ3) is 7.06. The van der Waals surface area contributed by atoms with Crippen LogP contribution in [-0.2, 0) is 21.0 Å². The number of hydrogen-bond acceptors (Lipinski definition) is 9. The van der Waals surface area contributed by atoms with E-state index in [9.17, 15) is 31.5 Å². The van der Waals surface area contributed by atoms with Crippen LogP contribution in [0.3, 0.4) is 0 Å². The average molecular weight is 556 g/mol. The number of aromatic nitrogens is 3. The molecular formula is C23H24F3N5O6S. The number of nitrogens with zero attached hydrogens (tertiary/aromatic N) is 3. The van der Waals surface area contributed by atoms with Crippen LogP contribution in [0.1, 0.15) is 34.5 Å². The molecule has 0 unspecified atom stereocenters. The minimum Gasteiger partial charge on any atom is -0.406 e. The van der Waals surface area contributed by atoms with Crippen LogP contribution in [0.25, 0.3) is 0 Å². The number of rotatable bonds is 10. The van der Waals surface area contributed by atoms with Crippen LogP contribution in [0.15, 0.2) is 55.0 Å². The lowest BCUT2D eigenvalue weighted by Crippen LogP contribution is -2.31. The molecule has 15 heteroatoms. The predicted molar refractivity (Wildman–Crippen MR) is 128 cm³/mol. The zero-order chi connectivity index (χ0) is 27.5. The number of halogens is 3. The molecule has 0 bridgehead atoms. The van der Waals surface area contributed by atoms with E-state index in [4.69, 9.17) is 4.18 Å². The fourth-order valence-corrected chi connectivity index (χ4v) is 4.70. The van der Waals surface area contributed by atoms with E-state index in [0.29, 0.717) is 11.3 Å². The zero-order valence-electron chi connectivity index (χ0n) is 19.9. The smallest absolute Gasteiger partial charge is 0.406 e. The van der Waals surface area contributed by atoms with E-state index in [2.05, 4.69) is 20.1 Å². The van der Waals surface area contributed by atoms with Crippen LogP contribution >= 0.6 is 0 Å². The number of carbonyl (C=O) groups is 1. The minimum atomic E-state index is -4.81. The third-order valence-electron chi connectivity index (χ3n) is 5.75. The number of anilines is 1. The molecule has 1 fully saturated rings. The van der Waals surface area contributed by atoms with Gasteiger partial charge >= 0.3 is 16.7 Å². The number of ketones is 1. The summed E-state index contributed by atoms with van der Waals surface area (Å²) in [6, 6.07) is 8.09. The van der Waals surface area contributed by atoms with Gasteiger partial charge in [0.1, 0.15) is 17.5 Å². The van der Waals surface area contributed by atoms with E-state index >= 15 is 0 Å². The molecule has 1 aromatic carbocycles. The molecule has 2 aromatic heterocycles. The standard InChI is InChI=1S/C23H24F3N5O6S/c1-27-38(34,35)37-21-11-15(10-20(21)32)29-18-5-7-28-12-17(18)22(33)19-6-8-31(30-19)13-14-3-2-4-16(9-14)36-23(24,25)26/h2-9,12,15,20-21,27,32H,10-11,13H2,1H3,(H,28,29)/t15-,20+,21-/m1/s1. The first-order valence-corrected chi connectivity index (χ1v) is 12.8. The Labute approximate surface area is 215 Å². The topological polar surface area (TPSA) is 145 Å². The molecule has 3 N–H and O–H groups in total. The van der Waals surface area contributed by atoms with Crippen LogP contribution in [0.5, 0.6) is 5.75 Å². The quantitative estimate of drug-likeness (QED) is 0.321. The average Bonchev–Trinajstić information content (AvgIpc) is 3.44. The SMILES string of the molecule is CNS(=O)(=O)O[C@@H]1C[C@H](Nc2ccncc2C(=O)c2ccn(Cc3cccc(OC(F)(F)F)c3)n2)C[C@@H]1O. The van der Waals surface area contributed by atoms with Gasteiger partial charge in [-0.2, -0.15) is 18.2 Å². The van der Waals surface area contributed by atoms with Crippen molar-refractivity contribution in [1.82, 2.24) is 19.5 Å². The van der Waals surface area contributed by atoms with E-state index in [-0.39, 0.29) is 42.4 Å². The summed E-state index contributed by atoms with van der Waals surface area (Å²) in [7, 11) is -2.79. The minimum absolute atomic E-state index is 0.0801. The summed E-state index contributed by atoms with van der Waals surface area (Å²) in [6.45, 7) is 0.0946. The maximum atomic E-state index is 13.2. The highest BCUT2D eigenvalue weighted by molar-refractivity contribution is 7.84. The molecule has 2 heterocycles. The van der Waals surface area contributed by atoms with Gasteiger partial charge in [-0.3, -0.25) is 18.6 Å². The van der Waals surface area contributed by atoms with Crippen molar-refractivity contribution < 1.29 is 40.4 Å². The Balaban J connectivity index is 1.45. The van der Waals surface area contributed by atoms with E-state index < -0.39 is 34.7 Å². The lowest BCUT2D eigenvalue weighted by atomic mass is 10.1. The Morgan fingerprint density at radius 2 is 2.03 bits per heavy atom. The second kappa shape index (κ2) is 11.1. The van der Waals surface area contributed by atoms with Gasteiger partial charge < -0.3 is 15.2 Å². The van der Waals surface area contributed by atoms with Crippen molar-refractivity contribution >= 4 is 21.8 Å². The highest BCUT2D eigenvalue weighted by Gasteiger charge is 2.37. The molecule has 3 atom stereocenters. The molecule has 0 amide bonds. The van der Waals surface area contributed by atoms with Gasteiger partial charge in [0.25, 0.3) is 0 Å².